The molecule has 84 heavy (non-hydrogen) atoms. The summed E-state index contributed by atoms with van der Waals surface area (Å²) < 4.78 is 12.1. The number of esters is 2. The number of nitrogens with one attached hydrogen (secondary N) is 2. The third-order valence-electron chi connectivity index (χ3n) is 14.6. The van der Waals surface area contributed by atoms with Crippen molar-refractivity contribution in [1.82, 2.24) is 15.2 Å². The number of carbonyl (C=O) groups is 4. The smallest absolute Gasteiger partial charge is 0.356 e. The van der Waals surface area contributed by atoms with Crippen LogP contribution < -0.4 is 10.6 Å². The number of hydrogen-bond acceptors (Lipinski definition) is 12. The van der Waals surface area contributed by atoms with Crippen molar-refractivity contribution < 1.29 is 33.5 Å². The van der Waals surface area contributed by atoms with Gasteiger partial charge in [-0.25, -0.2) is 14.6 Å². The number of aromatic nitrogens is 1. The number of allylic oxidation sites excluding steroid dienone is 3. The highest BCUT2D eigenvalue weighted by atomic mass is 32.2. The fraction of sp³-hybridized carbons (Fsp3) is 0.114. The monoisotopic (exact) mass is 1140 g/mol. The molecule has 14 heteroatoms. The van der Waals surface area contributed by atoms with Gasteiger partial charge in [0.25, 0.3) is 11.8 Å². The molecule has 416 valence electrons. The van der Waals surface area contributed by atoms with Crippen molar-refractivity contribution in [1.29, 1.82) is 0 Å². The lowest BCUT2D eigenvalue weighted by molar-refractivity contribution is -0.154. The van der Waals surface area contributed by atoms with Crippen molar-refractivity contribution in [3.05, 3.63) is 334 Å². The van der Waals surface area contributed by atoms with Crippen molar-refractivity contribution in [2.45, 2.75) is 35.6 Å². The SMILES string of the molecule is C/C=C/C=C/C(=O)OCC1=C(C(=O)OC(c2ccccc2)c2ccccc2)N2C(=O)[C@@H](NC(=O)/C(=N\OC(c3ccccc3)(c3ccccc3)c3ccccc3)c3csc(NC(c4ccccc4)(c4ccccc4)c4ccccc4)n3)[C@H]2SC1. The molecule has 1 aromatic heterocycles. The number of anilines is 1. The first-order chi connectivity index (χ1) is 41.3. The Labute approximate surface area is 495 Å². The van der Waals surface area contributed by atoms with Crippen molar-refractivity contribution in [3.8, 4) is 0 Å². The molecule has 8 aromatic carbocycles. The Morgan fingerprint density at radius 2 is 1.10 bits per heavy atom. The summed E-state index contributed by atoms with van der Waals surface area (Å²) in [7, 11) is 0. The van der Waals surface area contributed by atoms with Gasteiger partial charge in [-0.05, 0) is 34.7 Å². The van der Waals surface area contributed by atoms with E-state index in [0.717, 1.165) is 33.4 Å². The number of amides is 2. The van der Waals surface area contributed by atoms with E-state index < -0.39 is 52.4 Å². The van der Waals surface area contributed by atoms with Crippen LogP contribution in [0.3, 0.4) is 0 Å². The Bertz CT molecular complexity index is 3620. The molecule has 2 aliphatic heterocycles. The molecule has 0 bridgehead atoms. The van der Waals surface area contributed by atoms with Crippen LogP contribution >= 0.6 is 23.1 Å². The van der Waals surface area contributed by atoms with E-state index in [1.165, 1.54) is 34.1 Å². The molecule has 0 aliphatic carbocycles. The highest BCUT2D eigenvalue weighted by Crippen LogP contribution is 2.45. The number of hydrogen-bond donors (Lipinski definition) is 2. The molecular formula is C70H57N5O7S2. The molecule has 12 nitrogen and oxygen atoms in total. The quantitative estimate of drug-likeness (QED) is 0.0135. The van der Waals surface area contributed by atoms with Gasteiger partial charge in [-0.3, -0.25) is 14.5 Å². The van der Waals surface area contributed by atoms with Gasteiger partial charge in [0.1, 0.15) is 35.0 Å². The zero-order chi connectivity index (χ0) is 57.7. The molecule has 2 aliphatic rings. The summed E-state index contributed by atoms with van der Waals surface area (Å²) in [5, 5.41) is 13.1. The van der Waals surface area contributed by atoms with Crippen molar-refractivity contribution in [2.75, 3.05) is 17.7 Å². The predicted molar refractivity (Wildman–Crippen MR) is 330 cm³/mol. The summed E-state index contributed by atoms with van der Waals surface area (Å²) in [6, 6.07) is 76.7. The first kappa shape index (κ1) is 56.0. The Morgan fingerprint density at radius 3 is 1.56 bits per heavy atom. The topological polar surface area (TPSA) is 149 Å². The fourth-order valence-electron chi connectivity index (χ4n) is 10.6. The number of rotatable bonds is 21. The van der Waals surface area contributed by atoms with Crippen LogP contribution in [0.25, 0.3) is 0 Å². The zero-order valence-electron chi connectivity index (χ0n) is 45.6. The molecule has 0 unspecified atom stereocenters. The summed E-state index contributed by atoms with van der Waals surface area (Å²) >= 11 is 2.60. The molecular weight excluding hydrogens is 1090 g/mol. The van der Waals surface area contributed by atoms with Crippen LogP contribution in [0.2, 0.25) is 0 Å². The molecule has 2 N–H and O–H groups in total. The van der Waals surface area contributed by atoms with Gasteiger partial charge in [0, 0.05) is 39.5 Å². The van der Waals surface area contributed by atoms with Gasteiger partial charge in [-0.1, -0.05) is 266 Å². The van der Waals surface area contributed by atoms with Crippen LogP contribution in [0.4, 0.5) is 5.13 Å². The number of nitrogens with zero attached hydrogens (tertiary/aromatic N) is 3. The van der Waals surface area contributed by atoms with E-state index in [2.05, 4.69) is 47.0 Å². The lowest BCUT2D eigenvalue weighted by atomic mass is 9.77. The number of β-lactam (4-membered cyclic amide) rings is 1. The molecule has 11 rings (SSSR count). The Morgan fingerprint density at radius 1 is 0.643 bits per heavy atom. The van der Waals surface area contributed by atoms with Gasteiger partial charge >= 0.3 is 11.9 Å². The van der Waals surface area contributed by atoms with E-state index in [0.29, 0.717) is 21.8 Å². The van der Waals surface area contributed by atoms with Crippen molar-refractivity contribution in [2.24, 2.45) is 5.16 Å². The summed E-state index contributed by atoms with van der Waals surface area (Å²) in [4.78, 5) is 71.8. The predicted octanol–water partition coefficient (Wildman–Crippen LogP) is 12.9. The number of thiazole rings is 1. The summed E-state index contributed by atoms with van der Waals surface area (Å²) in [5.74, 6) is -2.64. The van der Waals surface area contributed by atoms with Gasteiger partial charge in [-0.2, -0.15) is 0 Å². The minimum atomic E-state index is -1.41. The number of thioether (sulfide) groups is 1. The summed E-state index contributed by atoms with van der Waals surface area (Å²) in [6.45, 7) is 1.52. The van der Waals surface area contributed by atoms with Crippen LogP contribution in [0, 0.1) is 0 Å². The van der Waals surface area contributed by atoms with Crippen LogP contribution in [0.5, 0.6) is 0 Å². The average molecular weight is 1140 g/mol. The minimum Gasteiger partial charge on any atom is -0.458 e. The molecule has 2 amide bonds. The van der Waals surface area contributed by atoms with E-state index in [4.69, 9.17) is 24.5 Å². The Kier molecular flexibility index (Phi) is 17.3. The second-order valence-electron chi connectivity index (χ2n) is 19.7. The molecule has 1 fully saturated rings. The third kappa shape index (κ3) is 11.6. The average Bonchev–Trinajstić information content (AvgIpc) is 2.53. The molecule has 0 saturated carbocycles. The number of carbonyl (C=O) groups excluding carboxylic acids is 4. The molecule has 0 spiro atoms. The maximum Gasteiger partial charge on any atom is 0.356 e. The second-order valence-corrected chi connectivity index (χ2v) is 21.7. The van der Waals surface area contributed by atoms with Gasteiger partial charge in [0.2, 0.25) is 5.60 Å². The first-order valence-electron chi connectivity index (χ1n) is 27.4. The van der Waals surface area contributed by atoms with Gasteiger partial charge in [0.05, 0.1) is 0 Å². The van der Waals surface area contributed by atoms with Crippen molar-refractivity contribution >= 4 is 57.7 Å². The minimum absolute atomic E-state index is 0.0686. The lowest BCUT2D eigenvalue weighted by Gasteiger charge is -2.49. The van der Waals surface area contributed by atoms with Crippen LogP contribution in [-0.4, -0.2) is 63.1 Å². The number of fused-ring (bicyclic) bond motifs is 1. The second kappa shape index (κ2) is 25.9. The van der Waals surface area contributed by atoms with Crippen LogP contribution in [0.15, 0.2) is 289 Å². The molecule has 1 saturated heterocycles. The van der Waals surface area contributed by atoms with E-state index in [1.807, 2.05) is 213 Å². The highest BCUT2D eigenvalue weighted by Gasteiger charge is 2.55. The normalized spacial score (nSPS) is 15.3. The van der Waals surface area contributed by atoms with Crippen LogP contribution in [-0.2, 0) is 44.6 Å². The van der Waals surface area contributed by atoms with E-state index in [9.17, 15) is 14.4 Å². The summed E-state index contributed by atoms with van der Waals surface area (Å²) in [5.41, 5.74) is 4.32. The summed E-state index contributed by atoms with van der Waals surface area (Å²) in [6.07, 6.45) is 5.44. The third-order valence-corrected chi connectivity index (χ3v) is 16.7. The van der Waals surface area contributed by atoms with E-state index in [-0.39, 0.29) is 29.5 Å². The number of ether oxygens (including phenoxy) is 2. The van der Waals surface area contributed by atoms with Gasteiger partial charge in [0.15, 0.2) is 16.9 Å². The molecule has 3 heterocycles. The first-order valence-corrected chi connectivity index (χ1v) is 29.3. The van der Waals surface area contributed by atoms with E-state index in [1.54, 1.807) is 23.6 Å². The number of oxime groups is 1. The highest BCUT2D eigenvalue weighted by molar-refractivity contribution is 8.00. The molecule has 9 aromatic rings. The fourth-order valence-corrected chi connectivity index (χ4v) is 12.6. The largest absolute Gasteiger partial charge is 0.458 e. The van der Waals surface area contributed by atoms with Crippen LogP contribution in [0.1, 0.15) is 63.2 Å². The van der Waals surface area contributed by atoms with E-state index >= 15 is 4.79 Å². The molecule has 0 radical (unpaired) electrons. The standard InChI is InChI=1S/C70H57N5O7S2/c1-2-3-12-45-59(76)80-46-51-47-83-66-61(65(78)75(66)62(51)67(79)81-63(49-29-13-4-14-30-49)50-31-15-5-16-32-50)72-64(77)60(74-82-70(55-39-23-9-24-40-55,56-41-25-10-26-42-56)57-43-27-11-28-44-57)58-48-84-68(71-58)73-69(52-33-17-6-18-34-52,53-35-19-7-20-36-53)54-37-21-8-22-38-54/h2-45,48,61,63,66H,46-47H2,1H3,(H,71,73)(H,72,77)/b3-2+,45-12+,74-60-/t61-,66-/m1/s1. The Balaban J connectivity index is 0.985. The maximum absolute atomic E-state index is 15.5. The van der Waals surface area contributed by atoms with Crippen molar-refractivity contribution in [3.63, 3.8) is 0 Å². The Hall–Kier alpha value is -9.89. The van der Waals surface area contributed by atoms with Gasteiger partial charge < -0.3 is 24.9 Å². The molecule has 2 atom stereocenters. The lowest BCUT2D eigenvalue weighted by Crippen LogP contribution is -2.71. The zero-order valence-corrected chi connectivity index (χ0v) is 47.3. The number of benzene rings is 8. The maximum atomic E-state index is 15.5. The van der Waals surface area contributed by atoms with Gasteiger partial charge in [-0.15, -0.1) is 23.1 Å².